The second-order valence-electron chi connectivity index (χ2n) is 8.67. The average molecular weight is 389 g/mol. The molecule has 2 aliphatic heterocycles. The third kappa shape index (κ3) is 2.06. The van der Waals surface area contributed by atoms with Gasteiger partial charge in [-0.25, -0.2) is 0 Å². The van der Waals surface area contributed by atoms with Gasteiger partial charge in [0.05, 0.1) is 0 Å². The number of anilines is 3. The first-order chi connectivity index (χ1) is 14.7. The van der Waals surface area contributed by atoms with Crippen molar-refractivity contribution in [3.05, 3.63) is 83.1 Å². The molecule has 0 fully saturated rings. The molecule has 30 heavy (non-hydrogen) atoms. The zero-order valence-electron chi connectivity index (χ0n) is 17.0. The Morgan fingerprint density at radius 1 is 0.833 bits per heavy atom. The molecule has 3 nitrogen and oxygen atoms in total. The van der Waals surface area contributed by atoms with Crippen molar-refractivity contribution >= 4 is 40.4 Å². The number of nitrogens with zero attached hydrogens (tertiary/aromatic N) is 1. The Bertz CT molecular complexity index is 1370. The van der Waals surface area contributed by atoms with E-state index in [9.17, 15) is 0 Å². The number of hydrogen-bond acceptors (Lipinski definition) is 3. The van der Waals surface area contributed by atoms with E-state index in [0.29, 0.717) is 0 Å². The van der Waals surface area contributed by atoms with Gasteiger partial charge in [0.15, 0.2) is 5.88 Å². The molecule has 1 aliphatic carbocycles. The Morgan fingerprint density at radius 3 is 2.53 bits per heavy atom. The van der Waals surface area contributed by atoms with Crippen LogP contribution in [0.4, 0.5) is 17.3 Å². The van der Waals surface area contributed by atoms with Gasteiger partial charge in [0, 0.05) is 11.4 Å². The number of benzene rings is 3. The van der Waals surface area contributed by atoms with Gasteiger partial charge in [-0.15, -0.1) is 0 Å². The van der Waals surface area contributed by atoms with Crippen LogP contribution in [-0.2, 0) is 12.8 Å². The average Bonchev–Trinajstić information content (AvgIpc) is 3.09. The maximum absolute atomic E-state index is 6.41. The van der Waals surface area contributed by atoms with Crippen molar-refractivity contribution in [1.82, 2.24) is 0 Å². The van der Waals surface area contributed by atoms with Crippen LogP contribution in [-0.4, -0.2) is 6.71 Å². The summed E-state index contributed by atoms with van der Waals surface area (Å²) in [5.41, 5.74) is 10.1. The molecule has 4 heteroatoms. The zero-order valence-corrected chi connectivity index (χ0v) is 17.0. The standard InChI is InChI=1S/C26H20BNO2/c1-15-11-22-25-24(12-15)30-23-6-4-3-5-20(23)27(25)21-13-16(2)29-26(21)28(22)19-10-9-17-7-8-18(17)14-19/h3-6,9-14H,7-8H2,1-2H3. The van der Waals surface area contributed by atoms with Crippen molar-refractivity contribution < 1.29 is 9.15 Å². The van der Waals surface area contributed by atoms with E-state index in [1.165, 1.54) is 39.5 Å². The van der Waals surface area contributed by atoms with E-state index < -0.39 is 0 Å². The minimum absolute atomic E-state index is 0.121. The summed E-state index contributed by atoms with van der Waals surface area (Å²) in [6.45, 7) is 4.29. The molecule has 1 aromatic heterocycles. The highest BCUT2D eigenvalue weighted by atomic mass is 16.5. The molecule has 144 valence electrons. The van der Waals surface area contributed by atoms with Crippen molar-refractivity contribution in [2.75, 3.05) is 4.90 Å². The summed E-state index contributed by atoms with van der Waals surface area (Å²) in [5.74, 6) is 3.75. The van der Waals surface area contributed by atoms with Gasteiger partial charge in [-0.3, -0.25) is 4.90 Å². The predicted molar refractivity (Wildman–Crippen MR) is 121 cm³/mol. The lowest BCUT2D eigenvalue weighted by molar-refractivity contribution is 0.487. The number of ether oxygens (including phenoxy) is 1. The van der Waals surface area contributed by atoms with Crippen molar-refractivity contribution in [3.8, 4) is 11.5 Å². The van der Waals surface area contributed by atoms with Crippen LogP contribution < -0.4 is 26.0 Å². The number of rotatable bonds is 1. The number of furan rings is 1. The molecule has 0 N–H and O–H groups in total. The quantitative estimate of drug-likeness (QED) is 0.390. The highest BCUT2D eigenvalue weighted by molar-refractivity contribution is 6.99. The maximum atomic E-state index is 6.41. The van der Waals surface area contributed by atoms with Gasteiger partial charge in [0.1, 0.15) is 17.3 Å². The molecular weight excluding hydrogens is 369 g/mol. The number of aryl methyl sites for hydroxylation is 4. The molecule has 3 heterocycles. The number of hydrogen-bond donors (Lipinski definition) is 0. The first-order valence-corrected chi connectivity index (χ1v) is 10.6. The molecule has 3 aromatic carbocycles. The monoisotopic (exact) mass is 389 g/mol. The fourth-order valence-electron chi connectivity index (χ4n) is 5.30. The number of para-hydroxylation sites is 1. The fourth-order valence-corrected chi connectivity index (χ4v) is 5.30. The topological polar surface area (TPSA) is 25.6 Å². The van der Waals surface area contributed by atoms with Gasteiger partial charge in [0.2, 0.25) is 0 Å². The molecule has 0 bridgehead atoms. The van der Waals surface area contributed by atoms with E-state index >= 15 is 0 Å². The first kappa shape index (κ1) is 16.4. The minimum Gasteiger partial charge on any atom is -0.458 e. The molecule has 0 radical (unpaired) electrons. The Kier molecular flexibility index (Phi) is 3.06. The van der Waals surface area contributed by atoms with Crippen LogP contribution in [0.1, 0.15) is 22.5 Å². The van der Waals surface area contributed by atoms with Crippen molar-refractivity contribution in [3.63, 3.8) is 0 Å². The largest absolute Gasteiger partial charge is 0.458 e. The van der Waals surface area contributed by atoms with Gasteiger partial charge < -0.3 is 9.15 Å². The van der Waals surface area contributed by atoms with Gasteiger partial charge in [-0.05, 0) is 96.2 Å². The van der Waals surface area contributed by atoms with E-state index in [1.54, 1.807) is 0 Å². The van der Waals surface area contributed by atoms with E-state index in [1.807, 2.05) is 13.0 Å². The summed E-state index contributed by atoms with van der Waals surface area (Å²) in [7, 11) is 0. The zero-order chi connectivity index (χ0) is 20.0. The lowest BCUT2D eigenvalue weighted by Crippen LogP contribution is -2.59. The lowest BCUT2D eigenvalue weighted by atomic mass is 9.34. The van der Waals surface area contributed by atoms with E-state index in [-0.39, 0.29) is 6.71 Å². The molecule has 0 saturated heterocycles. The van der Waals surface area contributed by atoms with Crippen LogP contribution in [0.3, 0.4) is 0 Å². The molecule has 0 spiro atoms. The number of fused-ring (bicyclic) bond motifs is 5. The Hall–Kier alpha value is -3.40. The normalized spacial score (nSPS) is 14.9. The first-order valence-electron chi connectivity index (χ1n) is 10.6. The molecule has 3 aliphatic rings. The molecule has 7 rings (SSSR count). The van der Waals surface area contributed by atoms with Crippen LogP contribution >= 0.6 is 0 Å². The Balaban J connectivity index is 1.55. The van der Waals surface area contributed by atoms with Crippen LogP contribution in [0.25, 0.3) is 0 Å². The molecular formula is C26H20BNO2. The SMILES string of the molecule is Cc1cc2c3c(c1)N(c1ccc4c(c1)CC4)c1oc(C)cc1B3c1ccccc1O2. The van der Waals surface area contributed by atoms with Crippen molar-refractivity contribution in [1.29, 1.82) is 0 Å². The van der Waals surface area contributed by atoms with Gasteiger partial charge in [-0.1, -0.05) is 24.3 Å². The molecule has 0 saturated carbocycles. The van der Waals surface area contributed by atoms with E-state index in [4.69, 9.17) is 9.15 Å². The third-order valence-corrected chi connectivity index (χ3v) is 6.73. The Morgan fingerprint density at radius 2 is 1.70 bits per heavy atom. The second-order valence-corrected chi connectivity index (χ2v) is 8.67. The summed E-state index contributed by atoms with van der Waals surface area (Å²) in [6.07, 6.45) is 2.35. The summed E-state index contributed by atoms with van der Waals surface area (Å²) in [5, 5.41) is 0. The van der Waals surface area contributed by atoms with Crippen LogP contribution in [0.15, 0.2) is 65.1 Å². The van der Waals surface area contributed by atoms with Crippen LogP contribution in [0.2, 0.25) is 0 Å². The smallest absolute Gasteiger partial charge is 0.260 e. The van der Waals surface area contributed by atoms with Crippen LogP contribution in [0, 0.1) is 13.8 Å². The van der Waals surface area contributed by atoms with E-state index in [0.717, 1.165) is 40.9 Å². The lowest BCUT2D eigenvalue weighted by Gasteiger charge is -2.38. The van der Waals surface area contributed by atoms with Gasteiger partial charge in [0.25, 0.3) is 6.71 Å². The summed E-state index contributed by atoms with van der Waals surface area (Å²) >= 11 is 0. The maximum Gasteiger partial charge on any atom is 0.260 e. The summed E-state index contributed by atoms with van der Waals surface area (Å²) < 4.78 is 12.8. The van der Waals surface area contributed by atoms with Crippen LogP contribution in [0.5, 0.6) is 11.5 Å². The summed E-state index contributed by atoms with van der Waals surface area (Å²) in [4.78, 5) is 2.29. The molecule has 4 aromatic rings. The van der Waals surface area contributed by atoms with Gasteiger partial charge in [-0.2, -0.15) is 0 Å². The second kappa shape index (κ2) is 5.60. The fraction of sp³-hybridized carbons (Fsp3) is 0.154. The Labute approximate surface area is 176 Å². The summed E-state index contributed by atoms with van der Waals surface area (Å²) in [6, 6.07) is 21.8. The minimum atomic E-state index is 0.121. The molecule has 0 amide bonds. The van der Waals surface area contributed by atoms with Gasteiger partial charge >= 0.3 is 0 Å². The molecule has 0 unspecified atom stereocenters. The third-order valence-electron chi connectivity index (χ3n) is 6.73. The molecule has 0 atom stereocenters. The van der Waals surface area contributed by atoms with Crippen molar-refractivity contribution in [2.45, 2.75) is 26.7 Å². The predicted octanol–water partition coefficient (Wildman–Crippen LogP) is 4.40. The van der Waals surface area contributed by atoms with Crippen molar-refractivity contribution in [2.24, 2.45) is 0 Å². The highest BCUT2D eigenvalue weighted by Crippen LogP contribution is 2.43. The van der Waals surface area contributed by atoms with E-state index in [2.05, 4.69) is 66.4 Å². The highest BCUT2D eigenvalue weighted by Gasteiger charge is 2.44.